The summed E-state index contributed by atoms with van der Waals surface area (Å²) in [7, 11) is 0. The first-order chi connectivity index (χ1) is 7.87. The van der Waals surface area contributed by atoms with E-state index in [9.17, 15) is 13.6 Å². The Morgan fingerprint density at radius 3 is 2.35 bits per heavy atom. The van der Waals surface area contributed by atoms with Crippen molar-refractivity contribution in [1.29, 1.82) is 0 Å². The van der Waals surface area contributed by atoms with E-state index in [1.165, 1.54) is 6.07 Å². The average Bonchev–Trinajstić information content (AvgIpc) is 2.26. The third-order valence-electron chi connectivity index (χ3n) is 2.28. The number of benzene rings is 1. The van der Waals surface area contributed by atoms with E-state index in [1.54, 1.807) is 0 Å². The lowest BCUT2D eigenvalue weighted by Gasteiger charge is -2.21. The summed E-state index contributed by atoms with van der Waals surface area (Å²) < 4.78 is 26.6. The van der Waals surface area contributed by atoms with Gasteiger partial charge in [-0.05, 0) is 17.5 Å². The van der Waals surface area contributed by atoms with Crippen LogP contribution in [0.4, 0.5) is 8.78 Å². The maximum Gasteiger partial charge on any atom is 0.257 e. The molecule has 1 N–H and O–H groups in total. The summed E-state index contributed by atoms with van der Waals surface area (Å²) in [4.78, 5) is 11.6. The Labute approximate surface area is 104 Å². The van der Waals surface area contributed by atoms with Crippen LogP contribution in [-0.4, -0.2) is 18.3 Å². The molecule has 2 nitrogen and oxygen atoms in total. The summed E-state index contributed by atoms with van der Waals surface area (Å²) in [6.45, 7) is 3.94. The molecule has 0 unspecified atom stereocenters. The van der Waals surface area contributed by atoms with E-state index in [2.05, 4.69) is 5.32 Å². The van der Waals surface area contributed by atoms with Gasteiger partial charge in [0.15, 0.2) is 0 Å². The van der Waals surface area contributed by atoms with Gasteiger partial charge in [-0.3, -0.25) is 4.79 Å². The maximum absolute atomic E-state index is 13.3. The van der Waals surface area contributed by atoms with E-state index in [0.717, 1.165) is 12.1 Å². The molecule has 1 amide bonds. The normalized spacial score (nSPS) is 11.4. The molecule has 0 radical (unpaired) electrons. The molecule has 1 aromatic carbocycles. The zero-order valence-electron chi connectivity index (χ0n) is 9.69. The highest BCUT2D eigenvalue weighted by Gasteiger charge is 2.21. The second-order valence-electron chi connectivity index (χ2n) is 4.58. The fraction of sp³-hybridized carbons (Fsp3) is 0.417. The summed E-state index contributed by atoms with van der Waals surface area (Å²) in [5.41, 5.74) is -0.878. The Morgan fingerprint density at radius 2 is 1.88 bits per heavy atom. The molecule has 0 bridgehead atoms. The third-order valence-corrected chi connectivity index (χ3v) is 3.00. The Balaban J connectivity index is 2.78. The fourth-order valence-corrected chi connectivity index (χ4v) is 1.26. The number of rotatable bonds is 4. The minimum Gasteiger partial charge on any atom is -0.351 e. The molecule has 0 heterocycles. The average molecular weight is 262 g/mol. The summed E-state index contributed by atoms with van der Waals surface area (Å²) in [5.74, 6) is -2.16. The van der Waals surface area contributed by atoms with Crippen LogP contribution in [0.2, 0.25) is 0 Å². The molecule has 17 heavy (non-hydrogen) atoms. The quantitative estimate of drug-likeness (QED) is 0.830. The molecule has 0 aliphatic carbocycles. The number of halogens is 3. The molecule has 0 aliphatic heterocycles. The molecule has 0 atom stereocenters. The number of nitrogens with one attached hydrogen (secondary N) is 1. The highest BCUT2D eigenvalue weighted by Crippen LogP contribution is 2.16. The van der Waals surface area contributed by atoms with Crippen LogP contribution < -0.4 is 5.32 Å². The van der Waals surface area contributed by atoms with Gasteiger partial charge in [-0.1, -0.05) is 19.9 Å². The van der Waals surface area contributed by atoms with E-state index >= 15 is 0 Å². The van der Waals surface area contributed by atoms with Crippen LogP contribution in [0.3, 0.4) is 0 Å². The Kier molecular flexibility index (Phi) is 4.46. The predicted molar refractivity (Wildman–Crippen MR) is 63.2 cm³/mol. The van der Waals surface area contributed by atoms with Crippen molar-refractivity contribution in [2.75, 3.05) is 12.4 Å². The van der Waals surface area contributed by atoms with Gasteiger partial charge in [-0.15, -0.1) is 11.6 Å². The van der Waals surface area contributed by atoms with E-state index in [1.807, 2.05) is 13.8 Å². The molecule has 0 aromatic heterocycles. The summed E-state index contributed by atoms with van der Waals surface area (Å²) in [6.07, 6.45) is 0. The predicted octanol–water partition coefficient (Wildman–Crippen LogP) is 2.96. The van der Waals surface area contributed by atoms with Crippen molar-refractivity contribution in [2.24, 2.45) is 5.41 Å². The Hall–Kier alpha value is -1.16. The number of carbonyl (C=O) groups excluding carboxylic acids is 1. The van der Waals surface area contributed by atoms with Crippen LogP contribution in [0, 0.1) is 17.0 Å². The molecule has 0 saturated carbocycles. The molecule has 0 saturated heterocycles. The number of hydrogen-bond acceptors (Lipinski definition) is 1. The standard InChI is InChI=1S/C12H14ClF2NO/c1-12(2,6-13)7-16-11(17)10-8(14)4-3-5-9(10)15/h3-5H,6-7H2,1-2H3,(H,16,17). The molecular formula is C12H14ClF2NO. The molecule has 5 heteroatoms. The number of alkyl halides is 1. The van der Waals surface area contributed by atoms with Crippen molar-refractivity contribution in [3.05, 3.63) is 35.4 Å². The van der Waals surface area contributed by atoms with Crippen LogP contribution in [0.15, 0.2) is 18.2 Å². The van der Waals surface area contributed by atoms with Gasteiger partial charge < -0.3 is 5.32 Å². The molecule has 1 rings (SSSR count). The van der Waals surface area contributed by atoms with Gasteiger partial charge in [0, 0.05) is 12.4 Å². The van der Waals surface area contributed by atoms with Gasteiger partial charge in [0.2, 0.25) is 0 Å². The Morgan fingerprint density at radius 1 is 1.35 bits per heavy atom. The zero-order valence-corrected chi connectivity index (χ0v) is 10.4. The first kappa shape index (κ1) is 13.9. The lowest BCUT2D eigenvalue weighted by Crippen LogP contribution is -2.35. The number of carbonyl (C=O) groups is 1. The lowest BCUT2D eigenvalue weighted by atomic mass is 9.96. The third kappa shape index (κ3) is 3.66. The lowest BCUT2D eigenvalue weighted by molar-refractivity contribution is 0.0931. The first-order valence-corrected chi connectivity index (χ1v) is 5.69. The van der Waals surface area contributed by atoms with Gasteiger partial charge in [-0.25, -0.2) is 8.78 Å². The smallest absolute Gasteiger partial charge is 0.257 e. The summed E-state index contributed by atoms with van der Waals surface area (Å²) in [6, 6.07) is 3.31. The maximum atomic E-state index is 13.3. The topological polar surface area (TPSA) is 29.1 Å². The van der Waals surface area contributed by atoms with E-state index < -0.39 is 23.1 Å². The molecule has 94 valence electrons. The van der Waals surface area contributed by atoms with Crippen LogP contribution >= 0.6 is 11.6 Å². The number of amides is 1. The summed E-state index contributed by atoms with van der Waals surface area (Å²) >= 11 is 5.69. The highest BCUT2D eigenvalue weighted by atomic mass is 35.5. The minimum absolute atomic E-state index is 0.253. The molecule has 0 fully saturated rings. The van der Waals surface area contributed by atoms with Crippen molar-refractivity contribution >= 4 is 17.5 Å². The SMILES string of the molecule is CC(C)(CCl)CNC(=O)c1c(F)cccc1F. The Bertz CT molecular complexity index is 401. The summed E-state index contributed by atoms with van der Waals surface area (Å²) in [5, 5.41) is 2.47. The highest BCUT2D eigenvalue weighted by molar-refractivity contribution is 6.18. The van der Waals surface area contributed by atoms with Crippen molar-refractivity contribution in [1.82, 2.24) is 5.32 Å². The fourth-order valence-electron chi connectivity index (χ4n) is 1.17. The van der Waals surface area contributed by atoms with Crippen LogP contribution in [0.1, 0.15) is 24.2 Å². The zero-order chi connectivity index (χ0) is 13.1. The largest absolute Gasteiger partial charge is 0.351 e. The minimum atomic E-state index is -0.869. The molecule has 0 spiro atoms. The second-order valence-corrected chi connectivity index (χ2v) is 4.84. The monoisotopic (exact) mass is 261 g/mol. The molecule has 1 aromatic rings. The van der Waals surface area contributed by atoms with Crippen LogP contribution in [-0.2, 0) is 0 Å². The van der Waals surface area contributed by atoms with Gasteiger partial charge in [0.1, 0.15) is 17.2 Å². The van der Waals surface area contributed by atoms with Crippen LogP contribution in [0.25, 0.3) is 0 Å². The van der Waals surface area contributed by atoms with Gasteiger partial charge >= 0.3 is 0 Å². The van der Waals surface area contributed by atoms with Crippen molar-refractivity contribution in [3.8, 4) is 0 Å². The van der Waals surface area contributed by atoms with Crippen molar-refractivity contribution < 1.29 is 13.6 Å². The van der Waals surface area contributed by atoms with Crippen molar-refractivity contribution in [2.45, 2.75) is 13.8 Å². The van der Waals surface area contributed by atoms with E-state index in [0.29, 0.717) is 5.88 Å². The number of hydrogen-bond donors (Lipinski definition) is 1. The molecular weight excluding hydrogens is 248 g/mol. The van der Waals surface area contributed by atoms with E-state index in [4.69, 9.17) is 11.6 Å². The van der Waals surface area contributed by atoms with Crippen LogP contribution in [0.5, 0.6) is 0 Å². The molecule has 0 aliphatic rings. The van der Waals surface area contributed by atoms with Gasteiger partial charge in [-0.2, -0.15) is 0 Å². The second kappa shape index (κ2) is 5.45. The first-order valence-electron chi connectivity index (χ1n) is 5.15. The van der Waals surface area contributed by atoms with Gasteiger partial charge in [0.05, 0.1) is 0 Å². The van der Waals surface area contributed by atoms with Crippen molar-refractivity contribution in [3.63, 3.8) is 0 Å². The van der Waals surface area contributed by atoms with E-state index in [-0.39, 0.29) is 12.0 Å². The van der Waals surface area contributed by atoms with Gasteiger partial charge in [0.25, 0.3) is 5.91 Å².